The first-order valence-electron chi connectivity index (χ1n) is 7.12. The molecule has 0 aliphatic heterocycles. The van der Waals surface area contributed by atoms with Crippen LogP contribution in [0, 0.1) is 12.8 Å². The van der Waals surface area contributed by atoms with E-state index in [-0.39, 0.29) is 0 Å². The molecule has 2 aromatic carbocycles. The molecule has 0 heterocycles. The predicted octanol–water partition coefficient (Wildman–Crippen LogP) is 4.38. The van der Waals surface area contributed by atoms with Crippen LogP contribution in [0.5, 0.6) is 0 Å². The first kappa shape index (κ1) is 15.3. The number of nitrogens with one attached hydrogen (secondary N) is 1. The van der Waals surface area contributed by atoms with Gasteiger partial charge >= 0.3 is 0 Å². The van der Waals surface area contributed by atoms with Crippen LogP contribution in [-0.2, 0) is 12.8 Å². The Balaban J connectivity index is 2.02. The predicted molar refractivity (Wildman–Crippen MR) is 90.1 cm³/mol. The molecule has 0 spiro atoms. The average molecular weight is 332 g/mol. The molecule has 0 aliphatic rings. The van der Waals surface area contributed by atoms with E-state index in [2.05, 4.69) is 76.7 Å². The van der Waals surface area contributed by atoms with Crippen molar-refractivity contribution in [3.63, 3.8) is 0 Å². The van der Waals surface area contributed by atoms with Gasteiger partial charge in [-0.1, -0.05) is 57.9 Å². The lowest BCUT2D eigenvalue weighted by molar-refractivity contribution is 0.493. The van der Waals surface area contributed by atoms with Crippen LogP contribution in [0.25, 0.3) is 0 Å². The van der Waals surface area contributed by atoms with Gasteiger partial charge in [-0.2, -0.15) is 0 Å². The second kappa shape index (κ2) is 7.61. The van der Waals surface area contributed by atoms with Crippen LogP contribution in [0.1, 0.15) is 16.7 Å². The molecule has 0 amide bonds. The number of aryl methyl sites for hydroxylation is 1. The number of hydrogen-bond acceptors (Lipinski definition) is 1. The van der Waals surface area contributed by atoms with Gasteiger partial charge in [0.05, 0.1) is 0 Å². The van der Waals surface area contributed by atoms with E-state index in [4.69, 9.17) is 0 Å². The number of halogens is 1. The lowest BCUT2D eigenvalue weighted by Gasteiger charge is -2.17. The van der Waals surface area contributed by atoms with Gasteiger partial charge in [0, 0.05) is 4.47 Å². The van der Waals surface area contributed by atoms with Crippen molar-refractivity contribution in [2.24, 2.45) is 5.92 Å². The van der Waals surface area contributed by atoms with Crippen LogP contribution in [0.3, 0.4) is 0 Å². The van der Waals surface area contributed by atoms with E-state index >= 15 is 0 Å². The number of rotatable bonds is 6. The minimum atomic E-state index is 0.629. The van der Waals surface area contributed by atoms with Gasteiger partial charge in [0.1, 0.15) is 0 Å². The molecule has 0 bridgehead atoms. The van der Waals surface area contributed by atoms with E-state index in [9.17, 15) is 0 Å². The first-order valence-corrected chi connectivity index (χ1v) is 7.91. The van der Waals surface area contributed by atoms with Gasteiger partial charge in [-0.3, -0.25) is 0 Å². The normalized spacial score (nSPS) is 12.3. The fourth-order valence-corrected chi connectivity index (χ4v) is 2.78. The topological polar surface area (TPSA) is 12.0 Å². The molecule has 0 saturated heterocycles. The van der Waals surface area contributed by atoms with E-state index in [1.807, 2.05) is 7.05 Å². The molecule has 0 saturated carbocycles. The summed E-state index contributed by atoms with van der Waals surface area (Å²) in [4.78, 5) is 0. The summed E-state index contributed by atoms with van der Waals surface area (Å²) in [7, 11) is 2.03. The highest BCUT2D eigenvalue weighted by Gasteiger charge is 2.10. The van der Waals surface area contributed by atoms with Crippen LogP contribution in [0.2, 0.25) is 0 Å². The Kier molecular flexibility index (Phi) is 5.81. The third kappa shape index (κ3) is 4.77. The van der Waals surface area contributed by atoms with E-state index in [1.165, 1.54) is 16.7 Å². The van der Waals surface area contributed by atoms with Gasteiger partial charge < -0.3 is 5.32 Å². The average Bonchev–Trinajstić information content (AvgIpc) is 2.44. The second-order valence-electron chi connectivity index (χ2n) is 5.44. The monoisotopic (exact) mass is 331 g/mol. The molecule has 0 aliphatic carbocycles. The van der Waals surface area contributed by atoms with Crippen molar-refractivity contribution in [1.29, 1.82) is 0 Å². The summed E-state index contributed by atoms with van der Waals surface area (Å²) >= 11 is 3.49. The molecule has 0 aromatic heterocycles. The molecule has 2 heteroatoms. The lowest BCUT2D eigenvalue weighted by atomic mass is 9.92. The number of benzene rings is 2. The quantitative estimate of drug-likeness (QED) is 0.828. The molecule has 0 fully saturated rings. The van der Waals surface area contributed by atoms with Crippen LogP contribution >= 0.6 is 15.9 Å². The van der Waals surface area contributed by atoms with Gasteiger partial charge in [-0.05, 0) is 62.5 Å². The molecule has 106 valence electrons. The highest BCUT2D eigenvalue weighted by Crippen LogP contribution is 2.17. The third-order valence-electron chi connectivity index (χ3n) is 3.58. The maximum atomic E-state index is 3.49. The minimum Gasteiger partial charge on any atom is -0.319 e. The van der Waals surface area contributed by atoms with Crippen molar-refractivity contribution in [3.8, 4) is 0 Å². The van der Waals surface area contributed by atoms with E-state index < -0.39 is 0 Å². The van der Waals surface area contributed by atoms with E-state index in [0.717, 1.165) is 23.9 Å². The minimum absolute atomic E-state index is 0.629. The molecular weight excluding hydrogens is 310 g/mol. The summed E-state index contributed by atoms with van der Waals surface area (Å²) in [6.45, 7) is 3.18. The molecule has 1 nitrogen and oxygen atoms in total. The van der Waals surface area contributed by atoms with Gasteiger partial charge in [-0.15, -0.1) is 0 Å². The first-order chi connectivity index (χ1) is 9.67. The molecule has 1 atom stereocenters. The Labute approximate surface area is 130 Å². The molecule has 1 N–H and O–H groups in total. The Bertz CT molecular complexity index is 469. The molecule has 2 rings (SSSR count). The van der Waals surface area contributed by atoms with Crippen molar-refractivity contribution in [1.82, 2.24) is 5.32 Å². The summed E-state index contributed by atoms with van der Waals surface area (Å²) in [6.07, 6.45) is 2.24. The molecule has 1 unspecified atom stereocenters. The fraction of sp³-hybridized carbons (Fsp3) is 0.333. The SMILES string of the molecule is CNCC(Cc1ccc(C)cc1)Cc1ccc(Br)cc1. The molecule has 20 heavy (non-hydrogen) atoms. The van der Waals surface area contributed by atoms with Crippen molar-refractivity contribution in [3.05, 3.63) is 69.7 Å². The fourth-order valence-electron chi connectivity index (χ4n) is 2.52. The van der Waals surface area contributed by atoms with Gasteiger partial charge in [-0.25, -0.2) is 0 Å². The van der Waals surface area contributed by atoms with Crippen LogP contribution < -0.4 is 5.32 Å². The largest absolute Gasteiger partial charge is 0.319 e. The maximum absolute atomic E-state index is 3.49. The smallest absolute Gasteiger partial charge is 0.0175 e. The van der Waals surface area contributed by atoms with Gasteiger partial charge in [0.2, 0.25) is 0 Å². The zero-order valence-electron chi connectivity index (χ0n) is 12.2. The standard InChI is InChI=1S/C18H22BrN/c1-14-3-5-15(6-4-14)11-17(13-20-2)12-16-7-9-18(19)10-8-16/h3-10,17,20H,11-13H2,1-2H3. The molecule has 0 radical (unpaired) electrons. The van der Waals surface area contributed by atoms with Crippen molar-refractivity contribution >= 4 is 15.9 Å². The van der Waals surface area contributed by atoms with Crippen molar-refractivity contribution in [2.75, 3.05) is 13.6 Å². The summed E-state index contributed by atoms with van der Waals surface area (Å²) in [5, 5.41) is 3.32. The van der Waals surface area contributed by atoms with E-state index in [0.29, 0.717) is 5.92 Å². The van der Waals surface area contributed by atoms with Crippen molar-refractivity contribution < 1.29 is 0 Å². The summed E-state index contributed by atoms with van der Waals surface area (Å²) in [5.41, 5.74) is 4.15. The third-order valence-corrected chi connectivity index (χ3v) is 4.10. The van der Waals surface area contributed by atoms with Gasteiger partial charge in [0.25, 0.3) is 0 Å². The summed E-state index contributed by atoms with van der Waals surface area (Å²) in [6, 6.07) is 17.6. The van der Waals surface area contributed by atoms with Crippen LogP contribution in [0.15, 0.2) is 53.0 Å². The van der Waals surface area contributed by atoms with E-state index in [1.54, 1.807) is 0 Å². The van der Waals surface area contributed by atoms with Crippen LogP contribution in [-0.4, -0.2) is 13.6 Å². The summed E-state index contributed by atoms with van der Waals surface area (Å²) < 4.78 is 1.14. The Hall–Kier alpha value is -1.12. The van der Waals surface area contributed by atoms with Crippen LogP contribution in [0.4, 0.5) is 0 Å². The second-order valence-corrected chi connectivity index (χ2v) is 6.36. The van der Waals surface area contributed by atoms with Gasteiger partial charge in [0.15, 0.2) is 0 Å². The zero-order chi connectivity index (χ0) is 14.4. The highest BCUT2D eigenvalue weighted by atomic mass is 79.9. The summed E-state index contributed by atoms with van der Waals surface area (Å²) in [5.74, 6) is 0.629. The zero-order valence-corrected chi connectivity index (χ0v) is 13.8. The highest BCUT2D eigenvalue weighted by molar-refractivity contribution is 9.10. The van der Waals surface area contributed by atoms with Crippen molar-refractivity contribution in [2.45, 2.75) is 19.8 Å². The number of hydrogen-bond donors (Lipinski definition) is 1. The Morgan fingerprint density at radius 1 is 0.900 bits per heavy atom. The Morgan fingerprint density at radius 3 is 1.90 bits per heavy atom. The Morgan fingerprint density at radius 2 is 1.40 bits per heavy atom. The maximum Gasteiger partial charge on any atom is 0.0175 e. The lowest BCUT2D eigenvalue weighted by Crippen LogP contribution is -2.22. The molecule has 2 aromatic rings. The molecular formula is C18H22BrN.